The van der Waals surface area contributed by atoms with E-state index < -0.39 is 0 Å². The number of aryl methyl sites for hydroxylation is 1. The second kappa shape index (κ2) is 8.29. The number of hydrogen-bond acceptors (Lipinski definition) is 5. The summed E-state index contributed by atoms with van der Waals surface area (Å²) in [5.74, 6) is 1.65. The molecular formula is C18H24N4O2. The quantitative estimate of drug-likeness (QED) is 0.845. The summed E-state index contributed by atoms with van der Waals surface area (Å²) in [4.78, 5) is 23.3. The highest BCUT2D eigenvalue weighted by molar-refractivity contribution is 6.04. The highest BCUT2D eigenvalue weighted by atomic mass is 16.5. The number of para-hydroxylation sites is 2. The highest BCUT2D eigenvalue weighted by Crippen LogP contribution is 2.23. The van der Waals surface area contributed by atoms with Crippen LogP contribution in [0.3, 0.4) is 0 Å². The Balaban J connectivity index is 2.21. The van der Waals surface area contributed by atoms with Gasteiger partial charge >= 0.3 is 0 Å². The summed E-state index contributed by atoms with van der Waals surface area (Å²) in [5.41, 5.74) is 0.953. The van der Waals surface area contributed by atoms with Gasteiger partial charge in [-0.25, -0.2) is 9.97 Å². The number of ether oxygens (including phenoxy) is 1. The topological polar surface area (TPSA) is 67.4 Å². The van der Waals surface area contributed by atoms with E-state index in [2.05, 4.69) is 22.2 Å². The number of methoxy groups -OCH3 is 1. The molecule has 6 heteroatoms. The first kappa shape index (κ1) is 17.7. The number of benzene rings is 1. The molecule has 1 aromatic carbocycles. The first-order valence-corrected chi connectivity index (χ1v) is 8.06. The van der Waals surface area contributed by atoms with Gasteiger partial charge in [0.05, 0.1) is 12.8 Å². The summed E-state index contributed by atoms with van der Waals surface area (Å²) < 4.78 is 5.26. The largest absolute Gasteiger partial charge is 0.495 e. The maximum atomic E-state index is 12.5. The van der Waals surface area contributed by atoms with E-state index in [9.17, 15) is 4.79 Å². The minimum Gasteiger partial charge on any atom is -0.495 e. The van der Waals surface area contributed by atoms with Crippen LogP contribution in [0.2, 0.25) is 0 Å². The summed E-state index contributed by atoms with van der Waals surface area (Å²) in [5, 5.41) is 2.84. The van der Waals surface area contributed by atoms with Crippen LogP contribution in [-0.2, 0) is 0 Å². The van der Waals surface area contributed by atoms with E-state index in [1.807, 2.05) is 24.1 Å². The monoisotopic (exact) mass is 328 g/mol. The Morgan fingerprint density at radius 2 is 2.04 bits per heavy atom. The fourth-order valence-corrected chi connectivity index (χ4v) is 2.31. The lowest BCUT2D eigenvalue weighted by Crippen LogP contribution is -2.22. The van der Waals surface area contributed by atoms with E-state index in [0.29, 0.717) is 23.0 Å². The van der Waals surface area contributed by atoms with Crippen LogP contribution in [0.5, 0.6) is 5.75 Å². The molecule has 0 radical (unpaired) electrons. The molecule has 0 aliphatic carbocycles. The van der Waals surface area contributed by atoms with Gasteiger partial charge in [0.25, 0.3) is 5.91 Å². The van der Waals surface area contributed by atoms with Crippen molar-refractivity contribution >= 4 is 17.4 Å². The van der Waals surface area contributed by atoms with Gasteiger partial charge in [-0.15, -0.1) is 0 Å². The number of carbonyl (C=O) groups is 1. The van der Waals surface area contributed by atoms with Crippen molar-refractivity contribution in [2.45, 2.75) is 26.7 Å². The third kappa shape index (κ3) is 4.44. The van der Waals surface area contributed by atoms with Crippen LogP contribution in [-0.4, -0.2) is 36.6 Å². The van der Waals surface area contributed by atoms with E-state index in [1.165, 1.54) is 0 Å². The normalized spacial score (nSPS) is 10.3. The number of anilines is 2. The molecule has 128 valence electrons. The number of amides is 1. The van der Waals surface area contributed by atoms with E-state index in [0.717, 1.165) is 25.2 Å². The van der Waals surface area contributed by atoms with Gasteiger partial charge in [-0.05, 0) is 25.5 Å². The minimum absolute atomic E-state index is 0.282. The second-order valence-corrected chi connectivity index (χ2v) is 5.59. The number of hydrogen-bond donors (Lipinski definition) is 1. The van der Waals surface area contributed by atoms with E-state index in [1.54, 1.807) is 32.2 Å². The predicted octanol–water partition coefficient (Wildman–Crippen LogP) is 3.28. The Morgan fingerprint density at radius 1 is 1.29 bits per heavy atom. The summed E-state index contributed by atoms with van der Waals surface area (Å²) in [6.45, 7) is 4.82. The first-order chi connectivity index (χ1) is 11.5. The van der Waals surface area contributed by atoms with Crippen molar-refractivity contribution in [1.29, 1.82) is 0 Å². The van der Waals surface area contributed by atoms with E-state index in [-0.39, 0.29) is 5.91 Å². The number of nitrogens with zero attached hydrogens (tertiary/aromatic N) is 3. The highest BCUT2D eigenvalue weighted by Gasteiger charge is 2.14. The number of aromatic nitrogens is 2. The minimum atomic E-state index is -0.282. The average molecular weight is 328 g/mol. The van der Waals surface area contributed by atoms with Gasteiger partial charge in [0.15, 0.2) is 0 Å². The van der Waals surface area contributed by atoms with E-state index >= 15 is 0 Å². The average Bonchev–Trinajstić information content (AvgIpc) is 2.59. The van der Waals surface area contributed by atoms with Crippen molar-refractivity contribution < 1.29 is 9.53 Å². The molecular weight excluding hydrogens is 304 g/mol. The maximum absolute atomic E-state index is 12.5. The van der Waals surface area contributed by atoms with E-state index in [4.69, 9.17) is 4.74 Å². The Labute approximate surface area is 142 Å². The van der Waals surface area contributed by atoms with Crippen LogP contribution in [0.25, 0.3) is 0 Å². The summed E-state index contributed by atoms with van der Waals surface area (Å²) >= 11 is 0. The van der Waals surface area contributed by atoms with Crippen LogP contribution >= 0.6 is 0 Å². The van der Waals surface area contributed by atoms with Crippen molar-refractivity contribution in [3.05, 3.63) is 41.9 Å². The molecule has 0 atom stereocenters. The zero-order chi connectivity index (χ0) is 17.5. The van der Waals surface area contributed by atoms with Gasteiger partial charge in [-0.2, -0.15) is 0 Å². The molecule has 0 bridgehead atoms. The molecule has 0 aliphatic heterocycles. The summed E-state index contributed by atoms with van der Waals surface area (Å²) in [7, 11) is 3.54. The van der Waals surface area contributed by atoms with Gasteiger partial charge in [-0.3, -0.25) is 4.79 Å². The fourth-order valence-electron chi connectivity index (χ4n) is 2.31. The van der Waals surface area contributed by atoms with Gasteiger partial charge in [-0.1, -0.05) is 25.5 Å². The molecule has 0 unspecified atom stereocenters. The molecule has 1 heterocycles. The Kier molecular flexibility index (Phi) is 6.12. The molecule has 0 fully saturated rings. The second-order valence-electron chi connectivity index (χ2n) is 5.59. The Bertz CT molecular complexity index is 703. The lowest BCUT2D eigenvalue weighted by Gasteiger charge is -2.18. The zero-order valence-electron chi connectivity index (χ0n) is 14.7. The van der Waals surface area contributed by atoms with Crippen LogP contribution < -0.4 is 15.0 Å². The molecule has 2 rings (SSSR count). The van der Waals surface area contributed by atoms with Crippen molar-refractivity contribution in [1.82, 2.24) is 9.97 Å². The molecule has 24 heavy (non-hydrogen) atoms. The first-order valence-electron chi connectivity index (χ1n) is 8.06. The Morgan fingerprint density at radius 3 is 2.75 bits per heavy atom. The van der Waals surface area contributed by atoms with Gasteiger partial charge in [0.1, 0.15) is 23.1 Å². The van der Waals surface area contributed by atoms with Crippen LogP contribution in [0.1, 0.15) is 36.1 Å². The number of rotatable bonds is 7. The van der Waals surface area contributed by atoms with Crippen molar-refractivity contribution in [2.75, 3.05) is 30.9 Å². The molecule has 0 saturated carbocycles. The smallest absolute Gasteiger partial charge is 0.274 e. The maximum Gasteiger partial charge on any atom is 0.274 e. The third-order valence-corrected chi connectivity index (χ3v) is 3.65. The number of nitrogens with one attached hydrogen (secondary N) is 1. The SMILES string of the molecule is CCCCN(C)c1cc(C(=O)Nc2ccccc2OC)nc(C)n1. The third-order valence-electron chi connectivity index (χ3n) is 3.65. The fraction of sp³-hybridized carbons (Fsp3) is 0.389. The lowest BCUT2D eigenvalue weighted by molar-refractivity contribution is 0.102. The predicted molar refractivity (Wildman–Crippen MR) is 95.9 cm³/mol. The van der Waals surface area contributed by atoms with Gasteiger partial charge in [0.2, 0.25) is 0 Å². The Hall–Kier alpha value is -2.63. The van der Waals surface area contributed by atoms with Crippen molar-refractivity contribution in [3.63, 3.8) is 0 Å². The number of carbonyl (C=O) groups excluding carboxylic acids is 1. The van der Waals surface area contributed by atoms with Crippen molar-refractivity contribution in [3.8, 4) is 5.75 Å². The molecule has 0 aliphatic rings. The van der Waals surface area contributed by atoms with Crippen LogP contribution in [0.4, 0.5) is 11.5 Å². The standard InChI is InChI=1S/C18H24N4O2/c1-5-6-11-22(3)17-12-15(19-13(2)20-17)18(23)21-14-9-7-8-10-16(14)24-4/h7-10,12H,5-6,11H2,1-4H3,(H,21,23). The summed E-state index contributed by atoms with van der Waals surface area (Å²) in [6.07, 6.45) is 2.18. The molecule has 0 spiro atoms. The summed E-state index contributed by atoms with van der Waals surface area (Å²) in [6, 6.07) is 8.99. The molecule has 1 amide bonds. The molecule has 6 nitrogen and oxygen atoms in total. The zero-order valence-corrected chi connectivity index (χ0v) is 14.7. The van der Waals surface area contributed by atoms with Gasteiger partial charge < -0.3 is 15.0 Å². The van der Waals surface area contributed by atoms with Crippen LogP contribution in [0.15, 0.2) is 30.3 Å². The van der Waals surface area contributed by atoms with Gasteiger partial charge in [0, 0.05) is 19.7 Å². The van der Waals surface area contributed by atoms with Crippen LogP contribution in [0, 0.1) is 6.92 Å². The molecule has 1 N–H and O–H groups in total. The van der Waals surface area contributed by atoms with Crippen molar-refractivity contribution in [2.24, 2.45) is 0 Å². The molecule has 1 aromatic heterocycles. The number of unbranched alkanes of at least 4 members (excludes halogenated alkanes) is 1. The molecule has 2 aromatic rings. The molecule has 0 saturated heterocycles. The lowest BCUT2D eigenvalue weighted by atomic mass is 10.2.